The summed E-state index contributed by atoms with van der Waals surface area (Å²) in [4.78, 5) is 0. The Hall–Kier alpha value is -2.28. The SMILES string of the molecule is C=C/C=C(/Cc1ccccc1)OCc1cc2c(cc1C)C(C)(C)CCC2(C)C. The fourth-order valence-corrected chi connectivity index (χ4v) is 4.18. The molecule has 0 bridgehead atoms. The number of fused-ring (bicyclic) bond motifs is 1. The molecule has 0 spiro atoms. The summed E-state index contributed by atoms with van der Waals surface area (Å²) in [5.41, 5.74) is 7.32. The number of aryl methyl sites for hydroxylation is 1. The van der Waals surface area contributed by atoms with Gasteiger partial charge >= 0.3 is 0 Å². The molecule has 1 aliphatic rings. The predicted molar refractivity (Wildman–Crippen MR) is 120 cm³/mol. The molecule has 0 N–H and O–H groups in total. The standard InChI is InChI=1S/C27H34O/c1-7-11-23(17-21-12-9-8-10-13-21)28-19-22-18-25-24(16-20(22)2)26(3,4)14-15-27(25,5)6/h7-13,16,18H,1,14-15,17,19H2,2-6H3/b23-11-. The molecule has 1 heteroatoms. The monoisotopic (exact) mass is 374 g/mol. The van der Waals surface area contributed by atoms with E-state index in [2.05, 4.69) is 77.6 Å². The van der Waals surface area contributed by atoms with E-state index in [0.717, 1.165) is 12.2 Å². The third-order valence-corrected chi connectivity index (χ3v) is 6.25. The summed E-state index contributed by atoms with van der Waals surface area (Å²) in [5, 5.41) is 0. The minimum atomic E-state index is 0.219. The van der Waals surface area contributed by atoms with Gasteiger partial charge < -0.3 is 4.74 Å². The molecule has 0 amide bonds. The van der Waals surface area contributed by atoms with Crippen LogP contribution in [-0.4, -0.2) is 0 Å². The van der Waals surface area contributed by atoms with Crippen LogP contribution in [0.1, 0.15) is 68.4 Å². The van der Waals surface area contributed by atoms with Gasteiger partial charge in [-0.15, -0.1) is 0 Å². The summed E-state index contributed by atoms with van der Waals surface area (Å²) in [7, 11) is 0. The highest BCUT2D eigenvalue weighted by Crippen LogP contribution is 2.46. The molecule has 0 heterocycles. The predicted octanol–water partition coefficient (Wildman–Crippen LogP) is 7.17. The van der Waals surface area contributed by atoms with Gasteiger partial charge in [-0.1, -0.05) is 82.8 Å². The van der Waals surface area contributed by atoms with Crippen molar-refractivity contribution >= 4 is 0 Å². The number of hydrogen-bond acceptors (Lipinski definition) is 1. The maximum atomic E-state index is 6.25. The van der Waals surface area contributed by atoms with E-state index in [9.17, 15) is 0 Å². The van der Waals surface area contributed by atoms with Crippen molar-refractivity contribution in [2.75, 3.05) is 0 Å². The van der Waals surface area contributed by atoms with Gasteiger partial charge in [-0.2, -0.15) is 0 Å². The third-order valence-electron chi connectivity index (χ3n) is 6.25. The van der Waals surface area contributed by atoms with Crippen molar-refractivity contribution in [3.05, 3.63) is 94.8 Å². The van der Waals surface area contributed by atoms with E-state index >= 15 is 0 Å². The smallest absolute Gasteiger partial charge is 0.113 e. The molecule has 3 rings (SSSR count). The first-order valence-corrected chi connectivity index (χ1v) is 10.4. The van der Waals surface area contributed by atoms with Gasteiger partial charge in [-0.25, -0.2) is 0 Å². The lowest BCUT2D eigenvalue weighted by atomic mass is 9.62. The maximum Gasteiger partial charge on any atom is 0.113 e. The Kier molecular flexibility index (Phi) is 5.84. The Morgan fingerprint density at radius 2 is 1.61 bits per heavy atom. The van der Waals surface area contributed by atoms with E-state index < -0.39 is 0 Å². The van der Waals surface area contributed by atoms with Gasteiger partial charge in [0.05, 0.1) is 0 Å². The highest BCUT2D eigenvalue weighted by atomic mass is 16.5. The van der Waals surface area contributed by atoms with Crippen molar-refractivity contribution < 1.29 is 4.74 Å². The molecule has 0 fully saturated rings. The van der Waals surface area contributed by atoms with E-state index in [1.165, 1.54) is 40.7 Å². The van der Waals surface area contributed by atoms with Gasteiger partial charge in [0.1, 0.15) is 12.4 Å². The lowest BCUT2D eigenvalue weighted by molar-refractivity contribution is 0.192. The fraction of sp³-hybridized carbons (Fsp3) is 0.407. The Morgan fingerprint density at radius 3 is 2.21 bits per heavy atom. The molecule has 0 aliphatic heterocycles. The summed E-state index contributed by atoms with van der Waals surface area (Å²) in [6.07, 6.45) is 7.05. The van der Waals surface area contributed by atoms with Gasteiger partial charge in [0.25, 0.3) is 0 Å². The van der Waals surface area contributed by atoms with Gasteiger partial charge in [-0.05, 0) is 64.5 Å². The van der Waals surface area contributed by atoms with Gasteiger partial charge in [-0.3, -0.25) is 0 Å². The molecule has 2 aromatic carbocycles. The summed E-state index contributed by atoms with van der Waals surface area (Å²) in [6.45, 7) is 16.2. The first kappa shape index (κ1) is 20.5. The van der Waals surface area contributed by atoms with Crippen LogP contribution in [0.4, 0.5) is 0 Å². The quantitative estimate of drug-likeness (QED) is 0.384. The van der Waals surface area contributed by atoms with E-state index in [1.54, 1.807) is 0 Å². The van der Waals surface area contributed by atoms with Crippen LogP contribution in [0.2, 0.25) is 0 Å². The van der Waals surface area contributed by atoms with Crippen LogP contribution < -0.4 is 0 Å². The van der Waals surface area contributed by atoms with E-state index in [0.29, 0.717) is 6.61 Å². The van der Waals surface area contributed by atoms with Crippen LogP contribution in [0.3, 0.4) is 0 Å². The maximum absolute atomic E-state index is 6.25. The van der Waals surface area contributed by atoms with Crippen LogP contribution in [0.15, 0.2) is 67.0 Å². The summed E-state index contributed by atoms with van der Waals surface area (Å²) in [6, 6.07) is 15.3. The second kappa shape index (κ2) is 7.99. The van der Waals surface area contributed by atoms with Crippen molar-refractivity contribution in [1.82, 2.24) is 0 Å². The fourth-order valence-electron chi connectivity index (χ4n) is 4.18. The first-order chi connectivity index (χ1) is 13.2. The number of hydrogen-bond donors (Lipinski definition) is 0. The largest absolute Gasteiger partial charge is 0.493 e. The molecule has 2 aromatic rings. The molecule has 0 unspecified atom stereocenters. The Morgan fingerprint density at radius 1 is 1.00 bits per heavy atom. The van der Waals surface area contributed by atoms with Gasteiger partial charge in [0.15, 0.2) is 0 Å². The van der Waals surface area contributed by atoms with Crippen molar-refractivity contribution in [1.29, 1.82) is 0 Å². The number of rotatable bonds is 6. The number of allylic oxidation sites excluding steroid dienone is 3. The third kappa shape index (κ3) is 4.41. The molecule has 0 radical (unpaired) electrons. The van der Waals surface area contributed by atoms with Crippen molar-refractivity contribution in [2.45, 2.75) is 71.3 Å². The zero-order valence-corrected chi connectivity index (χ0v) is 18.1. The molecule has 148 valence electrons. The minimum absolute atomic E-state index is 0.219. The van der Waals surface area contributed by atoms with E-state index in [-0.39, 0.29) is 10.8 Å². The zero-order valence-electron chi connectivity index (χ0n) is 18.1. The van der Waals surface area contributed by atoms with Crippen molar-refractivity contribution in [3.63, 3.8) is 0 Å². The molecule has 1 nitrogen and oxygen atoms in total. The second-order valence-corrected chi connectivity index (χ2v) is 9.41. The summed E-state index contributed by atoms with van der Waals surface area (Å²) in [5.74, 6) is 0.956. The topological polar surface area (TPSA) is 9.23 Å². The lowest BCUT2D eigenvalue weighted by Gasteiger charge is -2.42. The molecule has 0 aromatic heterocycles. The first-order valence-electron chi connectivity index (χ1n) is 10.4. The number of ether oxygens (including phenoxy) is 1. The summed E-state index contributed by atoms with van der Waals surface area (Å²) < 4.78 is 6.25. The van der Waals surface area contributed by atoms with Crippen LogP contribution in [0.25, 0.3) is 0 Å². The van der Waals surface area contributed by atoms with E-state index in [1.807, 2.05) is 18.2 Å². The van der Waals surface area contributed by atoms with Crippen LogP contribution >= 0.6 is 0 Å². The second-order valence-electron chi connectivity index (χ2n) is 9.41. The normalized spacial score (nSPS) is 17.7. The highest BCUT2D eigenvalue weighted by molar-refractivity contribution is 5.46. The van der Waals surface area contributed by atoms with Crippen LogP contribution in [0.5, 0.6) is 0 Å². The van der Waals surface area contributed by atoms with Crippen LogP contribution in [-0.2, 0) is 28.6 Å². The van der Waals surface area contributed by atoms with Gasteiger partial charge in [0, 0.05) is 6.42 Å². The average molecular weight is 375 g/mol. The molecular formula is C27H34O. The lowest BCUT2D eigenvalue weighted by Crippen LogP contribution is -2.34. The molecule has 0 saturated carbocycles. The van der Waals surface area contributed by atoms with Crippen molar-refractivity contribution in [2.24, 2.45) is 0 Å². The molecule has 0 saturated heterocycles. The van der Waals surface area contributed by atoms with Crippen LogP contribution in [0, 0.1) is 6.92 Å². The zero-order chi connectivity index (χ0) is 20.4. The number of benzene rings is 2. The Bertz CT molecular complexity index is 869. The average Bonchev–Trinajstić information content (AvgIpc) is 2.65. The Labute approximate surface area is 171 Å². The Balaban J connectivity index is 1.84. The molecule has 28 heavy (non-hydrogen) atoms. The molecule has 0 atom stereocenters. The molecular weight excluding hydrogens is 340 g/mol. The van der Waals surface area contributed by atoms with Crippen molar-refractivity contribution in [3.8, 4) is 0 Å². The van der Waals surface area contributed by atoms with E-state index in [4.69, 9.17) is 4.74 Å². The van der Waals surface area contributed by atoms with Gasteiger partial charge in [0.2, 0.25) is 0 Å². The molecule has 1 aliphatic carbocycles. The summed E-state index contributed by atoms with van der Waals surface area (Å²) >= 11 is 0. The highest BCUT2D eigenvalue weighted by Gasteiger charge is 2.37. The minimum Gasteiger partial charge on any atom is -0.493 e.